The number of imidazole rings is 1. The lowest BCUT2D eigenvalue weighted by Crippen LogP contribution is -1.97. The van der Waals surface area contributed by atoms with E-state index in [0.29, 0.717) is 5.69 Å². The van der Waals surface area contributed by atoms with Crippen molar-refractivity contribution >= 4 is 11.3 Å². The highest BCUT2D eigenvalue weighted by Gasteiger charge is 2.07. The Labute approximate surface area is 92.4 Å². The zero-order valence-corrected chi connectivity index (χ0v) is 8.54. The van der Waals surface area contributed by atoms with Crippen molar-refractivity contribution in [1.29, 1.82) is 0 Å². The van der Waals surface area contributed by atoms with Crippen molar-refractivity contribution in [1.82, 2.24) is 14.4 Å². The molecule has 4 nitrogen and oxygen atoms in total. The molecule has 2 N–H and O–H groups in total. The number of rotatable bonds is 1. The molecule has 3 aromatic heterocycles. The fraction of sp³-hybridized carbons (Fsp3) is 0. The van der Waals surface area contributed by atoms with Gasteiger partial charge in [0.1, 0.15) is 11.3 Å². The second kappa shape index (κ2) is 3.34. The van der Waals surface area contributed by atoms with Gasteiger partial charge in [0.15, 0.2) is 0 Å². The lowest BCUT2D eigenvalue weighted by molar-refractivity contribution is 1.16. The Hall–Kier alpha value is -2.36. The van der Waals surface area contributed by atoms with Gasteiger partial charge in [0.25, 0.3) is 0 Å². The highest BCUT2D eigenvalue weighted by Crippen LogP contribution is 2.23. The van der Waals surface area contributed by atoms with Gasteiger partial charge in [-0.15, -0.1) is 0 Å². The van der Waals surface area contributed by atoms with Gasteiger partial charge in [-0.25, -0.2) is 4.98 Å². The average Bonchev–Trinajstić information content (AvgIpc) is 2.77. The van der Waals surface area contributed by atoms with Crippen LogP contribution in [-0.2, 0) is 0 Å². The molecule has 0 aliphatic rings. The Balaban J connectivity index is 2.34. The number of anilines is 1. The van der Waals surface area contributed by atoms with Gasteiger partial charge in [0, 0.05) is 18.6 Å². The van der Waals surface area contributed by atoms with Crippen molar-refractivity contribution in [2.75, 3.05) is 5.73 Å². The van der Waals surface area contributed by atoms with Crippen LogP contribution in [-0.4, -0.2) is 14.4 Å². The maximum absolute atomic E-state index is 5.92. The van der Waals surface area contributed by atoms with Crippen LogP contribution in [0.25, 0.3) is 17.0 Å². The molecule has 0 saturated carbocycles. The van der Waals surface area contributed by atoms with Crippen LogP contribution in [0.15, 0.2) is 48.9 Å². The zero-order chi connectivity index (χ0) is 11.0. The van der Waals surface area contributed by atoms with E-state index in [1.807, 2.05) is 40.9 Å². The number of hydrogen-bond donors (Lipinski definition) is 1. The fourth-order valence-corrected chi connectivity index (χ4v) is 1.77. The molecular weight excluding hydrogens is 200 g/mol. The molecule has 3 rings (SSSR count). The summed E-state index contributed by atoms with van der Waals surface area (Å²) < 4.78 is 1.97. The first-order valence-electron chi connectivity index (χ1n) is 4.99. The van der Waals surface area contributed by atoms with Crippen LogP contribution in [0, 0.1) is 0 Å². The summed E-state index contributed by atoms with van der Waals surface area (Å²) in [6.07, 6.45) is 5.40. The molecule has 0 aromatic carbocycles. The van der Waals surface area contributed by atoms with E-state index in [4.69, 9.17) is 5.73 Å². The summed E-state index contributed by atoms with van der Waals surface area (Å²) in [6, 6.07) is 9.55. The van der Waals surface area contributed by atoms with Gasteiger partial charge < -0.3 is 5.73 Å². The van der Waals surface area contributed by atoms with Crippen LogP contribution in [0.2, 0.25) is 0 Å². The molecule has 3 heterocycles. The van der Waals surface area contributed by atoms with Gasteiger partial charge in [-0.2, -0.15) is 0 Å². The van der Waals surface area contributed by atoms with Crippen LogP contribution in [0.1, 0.15) is 0 Å². The molecule has 78 valence electrons. The summed E-state index contributed by atoms with van der Waals surface area (Å²) in [5.41, 5.74) is 9.21. The highest BCUT2D eigenvalue weighted by molar-refractivity contribution is 5.71. The summed E-state index contributed by atoms with van der Waals surface area (Å²) in [5.74, 6) is 0. The number of fused-ring (bicyclic) bond motifs is 1. The Morgan fingerprint density at radius 1 is 1.00 bits per heavy atom. The molecule has 0 spiro atoms. The number of aromatic nitrogens is 3. The smallest absolute Gasteiger partial charge is 0.137 e. The summed E-state index contributed by atoms with van der Waals surface area (Å²) in [6.45, 7) is 0. The predicted molar refractivity (Wildman–Crippen MR) is 62.8 cm³/mol. The summed E-state index contributed by atoms with van der Waals surface area (Å²) in [7, 11) is 0. The van der Waals surface area contributed by atoms with E-state index in [0.717, 1.165) is 17.0 Å². The Morgan fingerprint density at radius 3 is 2.81 bits per heavy atom. The van der Waals surface area contributed by atoms with E-state index in [1.54, 1.807) is 12.4 Å². The van der Waals surface area contributed by atoms with Gasteiger partial charge in [0.05, 0.1) is 11.4 Å². The van der Waals surface area contributed by atoms with Crippen molar-refractivity contribution < 1.29 is 0 Å². The minimum atomic E-state index is 0.670. The van der Waals surface area contributed by atoms with E-state index in [9.17, 15) is 0 Å². The maximum Gasteiger partial charge on any atom is 0.137 e. The number of nitrogens with two attached hydrogens (primary N) is 1. The molecule has 0 aliphatic carbocycles. The van der Waals surface area contributed by atoms with Crippen LogP contribution in [0.3, 0.4) is 0 Å². The normalized spacial score (nSPS) is 10.8. The zero-order valence-electron chi connectivity index (χ0n) is 8.54. The van der Waals surface area contributed by atoms with Crippen molar-refractivity contribution in [3.8, 4) is 11.4 Å². The molecule has 0 saturated heterocycles. The van der Waals surface area contributed by atoms with Gasteiger partial charge in [-0.1, -0.05) is 6.07 Å². The van der Waals surface area contributed by atoms with Crippen LogP contribution >= 0.6 is 0 Å². The molecule has 16 heavy (non-hydrogen) atoms. The first-order chi connectivity index (χ1) is 7.86. The standard InChI is InChI=1S/C12H10N4/c13-9-3-2-6-15-12(9)10-4-1-5-11-14-7-8-16(10)11/h1-8H,13H2. The minimum Gasteiger partial charge on any atom is -0.397 e. The van der Waals surface area contributed by atoms with E-state index in [2.05, 4.69) is 9.97 Å². The molecule has 4 heteroatoms. The van der Waals surface area contributed by atoms with Gasteiger partial charge in [-0.05, 0) is 24.3 Å². The molecule has 0 atom stereocenters. The molecule has 0 radical (unpaired) electrons. The van der Waals surface area contributed by atoms with Gasteiger partial charge in [0.2, 0.25) is 0 Å². The third kappa shape index (κ3) is 1.24. The molecule has 3 aromatic rings. The van der Waals surface area contributed by atoms with E-state index >= 15 is 0 Å². The summed E-state index contributed by atoms with van der Waals surface area (Å²) >= 11 is 0. The van der Waals surface area contributed by atoms with E-state index < -0.39 is 0 Å². The highest BCUT2D eigenvalue weighted by atomic mass is 15.0. The van der Waals surface area contributed by atoms with Crippen molar-refractivity contribution in [2.45, 2.75) is 0 Å². The predicted octanol–water partition coefficient (Wildman–Crippen LogP) is 1.98. The first kappa shape index (κ1) is 8.91. The summed E-state index contributed by atoms with van der Waals surface area (Å²) in [5, 5.41) is 0. The van der Waals surface area contributed by atoms with Crippen molar-refractivity contribution in [3.63, 3.8) is 0 Å². The third-order valence-corrected chi connectivity index (χ3v) is 2.51. The van der Waals surface area contributed by atoms with Gasteiger partial charge in [-0.3, -0.25) is 9.38 Å². The number of nitrogen functional groups attached to an aromatic ring is 1. The fourth-order valence-electron chi connectivity index (χ4n) is 1.77. The Morgan fingerprint density at radius 2 is 1.94 bits per heavy atom. The Kier molecular flexibility index (Phi) is 1.86. The number of nitrogens with zero attached hydrogens (tertiary/aromatic N) is 3. The average molecular weight is 210 g/mol. The van der Waals surface area contributed by atoms with E-state index in [1.165, 1.54) is 0 Å². The molecule has 0 unspecified atom stereocenters. The molecule has 0 aliphatic heterocycles. The first-order valence-corrected chi connectivity index (χ1v) is 4.99. The number of pyridine rings is 2. The second-order valence-corrected chi connectivity index (χ2v) is 3.51. The maximum atomic E-state index is 5.92. The molecular formula is C12H10N4. The minimum absolute atomic E-state index is 0.670. The van der Waals surface area contributed by atoms with Crippen LogP contribution in [0.4, 0.5) is 5.69 Å². The lowest BCUT2D eigenvalue weighted by atomic mass is 10.2. The molecule has 0 amide bonds. The van der Waals surface area contributed by atoms with Gasteiger partial charge >= 0.3 is 0 Å². The van der Waals surface area contributed by atoms with Crippen molar-refractivity contribution in [2.24, 2.45) is 0 Å². The lowest BCUT2D eigenvalue weighted by Gasteiger charge is -2.06. The second-order valence-electron chi connectivity index (χ2n) is 3.51. The van der Waals surface area contributed by atoms with Crippen molar-refractivity contribution in [3.05, 3.63) is 48.9 Å². The largest absolute Gasteiger partial charge is 0.397 e. The third-order valence-electron chi connectivity index (χ3n) is 2.51. The Bertz CT molecular complexity index is 642. The van der Waals surface area contributed by atoms with Crippen LogP contribution < -0.4 is 5.73 Å². The van der Waals surface area contributed by atoms with Crippen LogP contribution in [0.5, 0.6) is 0 Å². The monoisotopic (exact) mass is 210 g/mol. The van der Waals surface area contributed by atoms with E-state index in [-0.39, 0.29) is 0 Å². The molecule has 0 fully saturated rings. The number of hydrogen-bond acceptors (Lipinski definition) is 3. The summed E-state index contributed by atoms with van der Waals surface area (Å²) in [4.78, 5) is 8.53. The SMILES string of the molecule is Nc1cccnc1-c1cccc2nccn12. The topological polar surface area (TPSA) is 56.2 Å². The molecule has 0 bridgehead atoms. The quantitative estimate of drug-likeness (QED) is 0.668.